The second-order valence-electron chi connectivity index (χ2n) is 7.96. The Kier molecular flexibility index (Phi) is 9.59. The van der Waals surface area contributed by atoms with E-state index >= 15 is 0 Å². The molecule has 0 radical (unpaired) electrons. The van der Waals surface area contributed by atoms with E-state index in [0.717, 1.165) is 24.3 Å². The first-order valence-corrected chi connectivity index (χ1v) is 9.48. The third-order valence-electron chi connectivity index (χ3n) is 5.14. The predicted octanol–water partition coefficient (Wildman–Crippen LogP) is 4.68. The molecule has 1 saturated carbocycles. The zero-order valence-electron chi connectivity index (χ0n) is 15.1. The highest BCUT2D eigenvalue weighted by atomic mass is 15.2. The Balaban J connectivity index is 2.64. The Morgan fingerprint density at radius 1 is 0.857 bits per heavy atom. The number of rotatable bonds is 9. The molecule has 0 aliphatic heterocycles. The maximum absolute atomic E-state index is 6.23. The Hall–Kier alpha value is -0.0800. The van der Waals surface area contributed by atoms with E-state index in [1.165, 1.54) is 64.5 Å². The Bertz CT molecular complexity index is 230. The van der Waals surface area contributed by atoms with Gasteiger partial charge in [0.15, 0.2) is 0 Å². The van der Waals surface area contributed by atoms with Gasteiger partial charge < -0.3 is 5.73 Å². The lowest BCUT2D eigenvalue weighted by Crippen LogP contribution is -2.47. The standard InChI is InChI=1S/C19H40N2/c1-16(2)11-13-21(14-12-17(3)4)19(15-20)18-9-7-5-6-8-10-18/h16-19H,5-15,20H2,1-4H3. The quantitative estimate of drug-likeness (QED) is 0.626. The molecular formula is C19H40N2. The van der Waals surface area contributed by atoms with Crippen LogP contribution in [0.4, 0.5) is 0 Å². The summed E-state index contributed by atoms with van der Waals surface area (Å²) in [4.78, 5) is 2.75. The summed E-state index contributed by atoms with van der Waals surface area (Å²) in [6.45, 7) is 12.7. The van der Waals surface area contributed by atoms with Crippen LogP contribution in [0.1, 0.15) is 79.1 Å². The third kappa shape index (κ3) is 7.65. The number of nitrogens with two attached hydrogens (primary N) is 1. The molecule has 0 spiro atoms. The van der Waals surface area contributed by atoms with E-state index in [9.17, 15) is 0 Å². The van der Waals surface area contributed by atoms with Crippen molar-refractivity contribution in [3.63, 3.8) is 0 Å². The zero-order chi connectivity index (χ0) is 15.7. The fourth-order valence-corrected chi connectivity index (χ4v) is 3.63. The van der Waals surface area contributed by atoms with Gasteiger partial charge in [-0.25, -0.2) is 0 Å². The van der Waals surface area contributed by atoms with E-state index in [2.05, 4.69) is 32.6 Å². The molecule has 1 unspecified atom stereocenters. The molecule has 2 nitrogen and oxygen atoms in total. The lowest BCUT2D eigenvalue weighted by molar-refractivity contribution is 0.123. The summed E-state index contributed by atoms with van der Waals surface area (Å²) in [6, 6.07) is 0.626. The second-order valence-corrected chi connectivity index (χ2v) is 7.96. The van der Waals surface area contributed by atoms with E-state index in [0.29, 0.717) is 6.04 Å². The fourth-order valence-electron chi connectivity index (χ4n) is 3.63. The molecular weight excluding hydrogens is 256 g/mol. The molecule has 0 heterocycles. The van der Waals surface area contributed by atoms with Crippen molar-refractivity contribution in [3.8, 4) is 0 Å². The molecule has 0 aromatic carbocycles. The summed E-state index contributed by atoms with van der Waals surface area (Å²) >= 11 is 0. The Labute approximate surface area is 133 Å². The lowest BCUT2D eigenvalue weighted by atomic mass is 9.90. The minimum atomic E-state index is 0.626. The first-order valence-electron chi connectivity index (χ1n) is 9.48. The molecule has 2 N–H and O–H groups in total. The molecule has 21 heavy (non-hydrogen) atoms. The summed E-state index contributed by atoms with van der Waals surface area (Å²) in [5.74, 6) is 2.43. The van der Waals surface area contributed by atoms with Gasteiger partial charge in [0.05, 0.1) is 0 Å². The molecule has 0 saturated heterocycles. The van der Waals surface area contributed by atoms with E-state index in [4.69, 9.17) is 5.73 Å². The Morgan fingerprint density at radius 3 is 1.71 bits per heavy atom. The van der Waals surface area contributed by atoms with Gasteiger partial charge in [0.25, 0.3) is 0 Å². The summed E-state index contributed by atoms with van der Waals surface area (Å²) in [6.07, 6.45) is 11.1. The largest absolute Gasteiger partial charge is 0.329 e. The molecule has 1 atom stereocenters. The van der Waals surface area contributed by atoms with E-state index < -0.39 is 0 Å². The molecule has 1 fully saturated rings. The molecule has 0 bridgehead atoms. The maximum Gasteiger partial charge on any atom is 0.0246 e. The van der Waals surface area contributed by atoms with E-state index in [1.807, 2.05) is 0 Å². The molecule has 0 aromatic heterocycles. The van der Waals surface area contributed by atoms with Gasteiger partial charge in [-0.1, -0.05) is 53.4 Å². The summed E-state index contributed by atoms with van der Waals surface area (Å²) in [5, 5.41) is 0. The number of nitrogens with zero attached hydrogens (tertiary/aromatic N) is 1. The number of hydrogen-bond donors (Lipinski definition) is 1. The van der Waals surface area contributed by atoms with Crippen LogP contribution in [0.3, 0.4) is 0 Å². The van der Waals surface area contributed by atoms with Gasteiger partial charge >= 0.3 is 0 Å². The van der Waals surface area contributed by atoms with Crippen molar-refractivity contribution in [1.82, 2.24) is 4.90 Å². The summed E-state index contributed by atoms with van der Waals surface area (Å²) < 4.78 is 0. The molecule has 0 aromatic rings. The average Bonchev–Trinajstić information content (AvgIpc) is 2.70. The van der Waals surface area contributed by atoms with Crippen molar-refractivity contribution in [2.24, 2.45) is 23.5 Å². The second kappa shape index (κ2) is 10.6. The van der Waals surface area contributed by atoms with Crippen molar-refractivity contribution in [2.75, 3.05) is 19.6 Å². The van der Waals surface area contributed by atoms with E-state index in [-0.39, 0.29) is 0 Å². The van der Waals surface area contributed by atoms with E-state index in [1.54, 1.807) is 0 Å². The van der Waals surface area contributed by atoms with Gasteiger partial charge in [0.2, 0.25) is 0 Å². The van der Waals surface area contributed by atoms with Crippen LogP contribution in [0.2, 0.25) is 0 Å². The smallest absolute Gasteiger partial charge is 0.0246 e. The maximum atomic E-state index is 6.23. The lowest BCUT2D eigenvalue weighted by Gasteiger charge is -2.37. The summed E-state index contributed by atoms with van der Waals surface area (Å²) in [5.41, 5.74) is 6.23. The van der Waals surface area contributed by atoms with Crippen LogP contribution in [-0.4, -0.2) is 30.6 Å². The van der Waals surface area contributed by atoms with Crippen LogP contribution in [-0.2, 0) is 0 Å². The van der Waals surface area contributed by atoms with Gasteiger partial charge in [-0.15, -0.1) is 0 Å². The molecule has 1 aliphatic carbocycles. The fraction of sp³-hybridized carbons (Fsp3) is 1.00. The molecule has 1 aliphatic rings. The van der Waals surface area contributed by atoms with Gasteiger partial charge in [-0.05, 0) is 56.5 Å². The molecule has 0 amide bonds. The SMILES string of the molecule is CC(C)CCN(CCC(C)C)C(CN)C1CCCCCC1. The van der Waals surface area contributed by atoms with Crippen LogP contribution in [0.15, 0.2) is 0 Å². The first-order chi connectivity index (χ1) is 10.0. The van der Waals surface area contributed by atoms with Crippen molar-refractivity contribution >= 4 is 0 Å². The van der Waals surface area contributed by atoms with Crippen LogP contribution in [0, 0.1) is 17.8 Å². The number of hydrogen-bond acceptors (Lipinski definition) is 2. The molecule has 1 rings (SSSR count). The van der Waals surface area contributed by atoms with Crippen LogP contribution < -0.4 is 5.73 Å². The van der Waals surface area contributed by atoms with Gasteiger partial charge in [-0.2, -0.15) is 0 Å². The zero-order valence-corrected chi connectivity index (χ0v) is 15.1. The van der Waals surface area contributed by atoms with Crippen LogP contribution in [0.5, 0.6) is 0 Å². The first kappa shape index (κ1) is 19.0. The monoisotopic (exact) mass is 296 g/mol. The average molecular weight is 297 g/mol. The third-order valence-corrected chi connectivity index (χ3v) is 5.14. The van der Waals surface area contributed by atoms with Gasteiger partial charge in [-0.3, -0.25) is 4.90 Å². The highest BCUT2D eigenvalue weighted by Crippen LogP contribution is 2.28. The summed E-state index contributed by atoms with van der Waals surface area (Å²) in [7, 11) is 0. The molecule has 2 heteroatoms. The van der Waals surface area contributed by atoms with Gasteiger partial charge in [0.1, 0.15) is 0 Å². The van der Waals surface area contributed by atoms with Crippen molar-refractivity contribution in [1.29, 1.82) is 0 Å². The normalized spacial score (nSPS) is 19.4. The minimum Gasteiger partial charge on any atom is -0.329 e. The van der Waals surface area contributed by atoms with Crippen LogP contribution >= 0.6 is 0 Å². The van der Waals surface area contributed by atoms with Crippen LogP contribution in [0.25, 0.3) is 0 Å². The Morgan fingerprint density at radius 2 is 1.33 bits per heavy atom. The van der Waals surface area contributed by atoms with Crippen molar-refractivity contribution in [3.05, 3.63) is 0 Å². The predicted molar refractivity (Wildman–Crippen MR) is 94.5 cm³/mol. The molecule has 126 valence electrons. The highest BCUT2D eigenvalue weighted by molar-refractivity contribution is 4.82. The topological polar surface area (TPSA) is 29.3 Å². The highest BCUT2D eigenvalue weighted by Gasteiger charge is 2.26. The van der Waals surface area contributed by atoms with Gasteiger partial charge in [0, 0.05) is 12.6 Å². The minimum absolute atomic E-state index is 0.626. The van der Waals surface area contributed by atoms with Crippen molar-refractivity contribution < 1.29 is 0 Å². The van der Waals surface area contributed by atoms with Crippen molar-refractivity contribution in [2.45, 2.75) is 85.1 Å².